The van der Waals surface area contributed by atoms with Crippen LogP contribution in [-0.4, -0.2) is 30.4 Å². The van der Waals surface area contributed by atoms with Crippen molar-refractivity contribution in [3.63, 3.8) is 0 Å². The maximum Gasteiger partial charge on any atom is 0.408 e. The summed E-state index contributed by atoms with van der Waals surface area (Å²) in [5, 5.41) is 4.75. The van der Waals surface area contributed by atoms with E-state index in [1.54, 1.807) is 6.29 Å². The highest BCUT2D eigenvalue weighted by Crippen LogP contribution is 2.00. The number of carbonyl (C=O) groups is 2. The number of hydrogen-bond donors (Lipinski definition) is 2. The van der Waals surface area contributed by atoms with Gasteiger partial charge in [0.25, 0.3) is 0 Å². The number of alkyl carbamates (subject to hydrolysis) is 1. The van der Waals surface area contributed by atoms with Crippen LogP contribution in [0.15, 0.2) is 30.3 Å². The van der Waals surface area contributed by atoms with Gasteiger partial charge in [0, 0.05) is 0 Å². The molecule has 0 heterocycles. The van der Waals surface area contributed by atoms with Gasteiger partial charge in [-0.1, -0.05) is 30.3 Å². The first-order valence-corrected chi connectivity index (χ1v) is 6.18. The second-order valence-corrected chi connectivity index (χ2v) is 4.28. The molecule has 0 saturated carbocycles. The van der Waals surface area contributed by atoms with Crippen LogP contribution in [0.4, 0.5) is 4.79 Å². The van der Waals surface area contributed by atoms with Gasteiger partial charge in [0.15, 0.2) is 0 Å². The van der Waals surface area contributed by atoms with E-state index in [0.717, 1.165) is 5.56 Å². The van der Waals surface area contributed by atoms with Crippen LogP contribution >= 0.6 is 0 Å². The van der Waals surface area contributed by atoms with Gasteiger partial charge in [-0.15, -0.1) is 0 Å². The minimum absolute atomic E-state index is 0.125. The molecule has 6 heteroatoms. The molecule has 1 aromatic rings. The average molecular weight is 277 g/mol. The number of carbonyl (C=O) groups excluding carboxylic acids is 3. The van der Waals surface area contributed by atoms with Crippen molar-refractivity contribution in [1.29, 1.82) is 0 Å². The maximum absolute atomic E-state index is 11.6. The van der Waals surface area contributed by atoms with Gasteiger partial charge >= 0.3 is 6.09 Å². The zero-order valence-corrected chi connectivity index (χ0v) is 11.4. The van der Waals surface area contributed by atoms with Gasteiger partial charge in [0.2, 0.25) is 12.2 Å². The minimum atomic E-state index is -0.797. The summed E-state index contributed by atoms with van der Waals surface area (Å²) in [5.41, 5.74) is 0.851. The molecular weight excluding hydrogens is 260 g/mol. The van der Waals surface area contributed by atoms with Crippen LogP contribution < -0.4 is 10.6 Å². The third-order valence-corrected chi connectivity index (χ3v) is 2.48. The molecule has 1 aromatic carbocycles. The van der Waals surface area contributed by atoms with Crippen LogP contribution in [0.2, 0.25) is 0 Å². The molecule has 1 radical (unpaired) electrons. The molecule has 20 heavy (non-hydrogen) atoms. The SMILES string of the molecule is C[C@H]([C]=O)NC(=O)[C@H](C)NC(=O)OCc1ccccc1. The maximum atomic E-state index is 11.6. The van der Waals surface area contributed by atoms with Crippen molar-refractivity contribution in [3.05, 3.63) is 35.9 Å². The lowest BCUT2D eigenvalue weighted by molar-refractivity contribution is -0.122. The molecule has 2 atom stereocenters. The monoisotopic (exact) mass is 277 g/mol. The van der Waals surface area contributed by atoms with Crippen LogP contribution in [0.1, 0.15) is 19.4 Å². The Bertz CT molecular complexity index is 462. The molecule has 0 aliphatic rings. The second kappa shape index (κ2) is 7.93. The van der Waals surface area contributed by atoms with Gasteiger partial charge in [-0.2, -0.15) is 0 Å². The number of amides is 2. The molecule has 0 aromatic heterocycles. The lowest BCUT2D eigenvalue weighted by Gasteiger charge is -2.15. The Labute approximate surface area is 117 Å². The lowest BCUT2D eigenvalue weighted by Crippen LogP contribution is -2.47. The van der Waals surface area contributed by atoms with Crippen molar-refractivity contribution in [1.82, 2.24) is 10.6 Å². The highest BCUT2D eigenvalue weighted by Gasteiger charge is 2.17. The highest BCUT2D eigenvalue weighted by atomic mass is 16.5. The standard InChI is InChI=1S/C14H17N2O4/c1-10(8-17)15-13(18)11(2)16-14(19)20-9-12-6-4-3-5-7-12/h3-7,10-11H,9H2,1-2H3,(H,15,18)(H,16,19)/t10-,11+/m1/s1. The minimum Gasteiger partial charge on any atom is -0.445 e. The van der Waals surface area contributed by atoms with E-state index in [1.807, 2.05) is 30.3 Å². The van der Waals surface area contributed by atoms with Gasteiger partial charge < -0.3 is 15.4 Å². The van der Waals surface area contributed by atoms with E-state index < -0.39 is 24.1 Å². The van der Waals surface area contributed by atoms with Crippen LogP contribution in [0.3, 0.4) is 0 Å². The Kier molecular flexibility index (Phi) is 6.22. The van der Waals surface area contributed by atoms with Gasteiger partial charge in [0.1, 0.15) is 12.6 Å². The molecule has 0 bridgehead atoms. The van der Waals surface area contributed by atoms with E-state index in [1.165, 1.54) is 13.8 Å². The van der Waals surface area contributed by atoms with E-state index in [0.29, 0.717) is 0 Å². The summed E-state index contributed by atoms with van der Waals surface area (Å²) in [5.74, 6) is -0.475. The predicted molar refractivity (Wildman–Crippen MR) is 72.5 cm³/mol. The van der Waals surface area contributed by atoms with E-state index in [2.05, 4.69) is 10.6 Å². The zero-order chi connectivity index (χ0) is 15.0. The molecule has 2 N–H and O–H groups in total. The van der Waals surface area contributed by atoms with Gasteiger partial charge in [-0.3, -0.25) is 9.59 Å². The van der Waals surface area contributed by atoms with Gasteiger partial charge in [-0.25, -0.2) is 4.79 Å². The summed E-state index contributed by atoms with van der Waals surface area (Å²) in [7, 11) is 0. The second-order valence-electron chi connectivity index (χ2n) is 4.28. The normalized spacial score (nSPS) is 12.9. The topological polar surface area (TPSA) is 84.5 Å². The molecule has 2 amide bonds. The average Bonchev–Trinajstić information content (AvgIpc) is 2.45. The third kappa shape index (κ3) is 5.51. The Morgan fingerprint density at radius 2 is 1.85 bits per heavy atom. The molecule has 6 nitrogen and oxygen atoms in total. The van der Waals surface area contributed by atoms with E-state index >= 15 is 0 Å². The van der Waals surface area contributed by atoms with Crippen molar-refractivity contribution in [2.75, 3.05) is 0 Å². The first-order chi connectivity index (χ1) is 9.52. The van der Waals surface area contributed by atoms with E-state index in [9.17, 15) is 14.4 Å². The quantitative estimate of drug-likeness (QED) is 0.809. The summed E-state index contributed by atoms with van der Waals surface area (Å²) in [6.45, 7) is 3.11. The summed E-state index contributed by atoms with van der Waals surface area (Å²) in [6.07, 6.45) is 0.930. The number of nitrogens with one attached hydrogen (secondary N) is 2. The number of benzene rings is 1. The fraction of sp³-hybridized carbons (Fsp3) is 0.357. The third-order valence-electron chi connectivity index (χ3n) is 2.48. The van der Waals surface area contributed by atoms with Gasteiger partial charge in [0.05, 0.1) is 6.04 Å². The van der Waals surface area contributed by atoms with Crippen LogP contribution in [-0.2, 0) is 20.9 Å². The summed E-state index contributed by atoms with van der Waals surface area (Å²) in [6, 6.07) is 7.67. The Balaban J connectivity index is 2.34. The zero-order valence-electron chi connectivity index (χ0n) is 11.4. The highest BCUT2D eigenvalue weighted by molar-refractivity contribution is 5.87. The fourth-order valence-corrected chi connectivity index (χ4v) is 1.37. The molecule has 107 valence electrons. The Hall–Kier alpha value is -2.37. The summed E-state index contributed by atoms with van der Waals surface area (Å²) >= 11 is 0. The van der Waals surface area contributed by atoms with E-state index in [-0.39, 0.29) is 6.61 Å². The van der Waals surface area contributed by atoms with Gasteiger partial charge in [-0.05, 0) is 19.4 Å². The van der Waals surface area contributed by atoms with Crippen molar-refractivity contribution in [2.24, 2.45) is 0 Å². The molecule has 0 saturated heterocycles. The molecule has 0 aliphatic heterocycles. The molecule has 0 aliphatic carbocycles. The molecule has 0 unspecified atom stereocenters. The summed E-state index contributed by atoms with van der Waals surface area (Å²) < 4.78 is 4.97. The summed E-state index contributed by atoms with van der Waals surface area (Å²) in [4.78, 5) is 33.4. The number of rotatable bonds is 6. The molecule has 0 fully saturated rings. The Morgan fingerprint density at radius 1 is 1.20 bits per heavy atom. The van der Waals surface area contributed by atoms with Crippen molar-refractivity contribution in [2.45, 2.75) is 32.5 Å². The largest absolute Gasteiger partial charge is 0.445 e. The molecule has 1 rings (SSSR count). The van der Waals surface area contributed by atoms with Crippen LogP contribution in [0.5, 0.6) is 0 Å². The van der Waals surface area contributed by atoms with Crippen molar-refractivity contribution in [3.8, 4) is 0 Å². The predicted octanol–water partition coefficient (Wildman–Crippen LogP) is 0.916. The lowest BCUT2D eigenvalue weighted by atomic mass is 10.2. The number of ether oxygens (including phenoxy) is 1. The first kappa shape index (κ1) is 15.7. The van der Waals surface area contributed by atoms with Crippen molar-refractivity contribution < 1.29 is 19.1 Å². The first-order valence-electron chi connectivity index (χ1n) is 6.18. The molecular formula is C14H17N2O4. The van der Waals surface area contributed by atoms with Crippen LogP contribution in [0.25, 0.3) is 0 Å². The smallest absolute Gasteiger partial charge is 0.408 e. The molecule has 0 spiro atoms. The van der Waals surface area contributed by atoms with Crippen molar-refractivity contribution >= 4 is 18.3 Å². The number of hydrogen-bond acceptors (Lipinski definition) is 4. The fourth-order valence-electron chi connectivity index (χ4n) is 1.37. The van der Waals surface area contributed by atoms with Crippen LogP contribution in [0, 0.1) is 0 Å². The Morgan fingerprint density at radius 3 is 2.45 bits per heavy atom. The van der Waals surface area contributed by atoms with E-state index in [4.69, 9.17) is 4.74 Å².